The van der Waals surface area contributed by atoms with Gasteiger partial charge in [-0.15, -0.1) is 0 Å². The molecule has 6 nitrogen and oxygen atoms in total. The SMILES string of the molecule is Cc1cc(C)cc(NC(=O)C2CC(=O)NC(=NCc3ccccc3)N2)c1. The zero-order valence-corrected chi connectivity index (χ0v) is 14.9. The molecule has 0 bridgehead atoms. The summed E-state index contributed by atoms with van der Waals surface area (Å²) in [7, 11) is 0. The first kappa shape index (κ1) is 17.7. The van der Waals surface area contributed by atoms with E-state index in [-0.39, 0.29) is 18.2 Å². The Morgan fingerprint density at radius 2 is 1.85 bits per heavy atom. The molecule has 1 aliphatic rings. The minimum atomic E-state index is -0.654. The number of benzene rings is 2. The van der Waals surface area contributed by atoms with Gasteiger partial charge in [0.25, 0.3) is 0 Å². The number of carbonyl (C=O) groups excluding carboxylic acids is 2. The van der Waals surface area contributed by atoms with Crippen LogP contribution in [0.5, 0.6) is 0 Å². The van der Waals surface area contributed by atoms with Gasteiger partial charge in [0.2, 0.25) is 11.8 Å². The molecule has 1 heterocycles. The van der Waals surface area contributed by atoms with Gasteiger partial charge in [-0.1, -0.05) is 36.4 Å². The molecule has 0 aliphatic carbocycles. The van der Waals surface area contributed by atoms with E-state index in [1.165, 1.54) is 0 Å². The second-order valence-electron chi connectivity index (χ2n) is 6.47. The highest BCUT2D eigenvalue weighted by Gasteiger charge is 2.28. The lowest BCUT2D eigenvalue weighted by molar-refractivity contribution is -0.125. The van der Waals surface area contributed by atoms with Gasteiger partial charge in [0.15, 0.2) is 5.96 Å². The first-order valence-electron chi connectivity index (χ1n) is 8.53. The Hall–Kier alpha value is -3.15. The molecule has 1 saturated heterocycles. The Balaban J connectivity index is 1.67. The molecule has 134 valence electrons. The Morgan fingerprint density at radius 1 is 1.15 bits per heavy atom. The van der Waals surface area contributed by atoms with Crippen molar-refractivity contribution in [1.29, 1.82) is 0 Å². The van der Waals surface area contributed by atoms with Crippen LogP contribution < -0.4 is 16.0 Å². The van der Waals surface area contributed by atoms with Gasteiger partial charge in [-0.25, -0.2) is 4.99 Å². The summed E-state index contributed by atoms with van der Waals surface area (Å²) in [6.07, 6.45) is 0.0704. The summed E-state index contributed by atoms with van der Waals surface area (Å²) in [5.74, 6) is -0.154. The van der Waals surface area contributed by atoms with Crippen molar-refractivity contribution in [3.8, 4) is 0 Å². The van der Waals surface area contributed by atoms with Gasteiger partial charge in [-0.2, -0.15) is 0 Å². The van der Waals surface area contributed by atoms with Crippen LogP contribution in [0.2, 0.25) is 0 Å². The first-order valence-corrected chi connectivity index (χ1v) is 8.53. The van der Waals surface area contributed by atoms with Crippen molar-refractivity contribution >= 4 is 23.5 Å². The molecule has 0 radical (unpaired) electrons. The molecule has 3 rings (SSSR count). The smallest absolute Gasteiger partial charge is 0.247 e. The maximum atomic E-state index is 12.5. The fourth-order valence-electron chi connectivity index (χ4n) is 2.89. The molecule has 1 unspecified atom stereocenters. The lowest BCUT2D eigenvalue weighted by Crippen LogP contribution is -2.57. The molecule has 0 spiro atoms. The second-order valence-corrected chi connectivity index (χ2v) is 6.47. The maximum Gasteiger partial charge on any atom is 0.247 e. The molecular formula is C20H22N4O2. The standard InChI is InChI=1S/C20H22N4O2/c1-13-8-14(2)10-16(9-13)22-19(26)17-11-18(25)24-20(23-17)21-12-15-6-4-3-5-7-15/h3-10,17H,11-12H2,1-2H3,(H,22,26)(H2,21,23,24,25). The average Bonchev–Trinajstić information content (AvgIpc) is 2.59. The average molecular weight is 350 g/mol. The predicted octanol–water partition coefficient (Wildman–Crippen LogP) is 2.28. The summed E-state index contributed by atoms with van der Waals surface area (Å²) in [6.45, 7) is 4.38. The molecule has 6 heteroatoms. The van der Waals surface area contributed by atoms with Crippen molar-refractivity contribution in [2.24, 2.45) is 4.99 Å². The van der Waals surface area contributed by atoms with Crippen molar-refractivity contribution in [1.82, 2.24) is 10.6 Å². The molecule has 1 atom stereocenters. The van der Waals surface area contributed by atoms with E-state index in [0.29, 0.717) is 12.5 Å². The Morgan fingerprint density at radius 3 is 2.54 bits per heavy atom. The normalized spacial score (nSPS) is 18.2. The Labute approximate surface area is 152 Å². The summed E-state index contributed by atoms with van der Waals surface area (Å²) >= 11 is 0. The number of nitrogens with zero attached hydrogens (tertiary/aromatic N) is 1. The molecule has 26 heavy (non-hydrogen) atoms. The van der Waals surface area contributed by atoms with Crippen molar-refractivity contribution in [2.45, 2.75) is 32.9 Å². The highest BCUT2D eigenvalue weighted by Crippen LogP contribution is 2.14. The Bertz CT molecular complexity index is 826. The molecule has 3 N–H and O–H groups in total. The number of hydrogen-bond acceptors (Lipinski definition) is 3. The fraction of sp³-hybridized carbons (Fsp3) is 0.250. The van der Waals surface area contributed by atoms with Crippen LogP contribution in [0.1, 0.15) is 23.1 Å². The van der Waals surface area contributed by atoms with Gasteiger partial charge in [-0.3, -0.25) is 14.9 Å². The number of guanidine groups is 1. The molecule has 0 saturated carbocycles. The number of carbonyl (C=O) groups is 2. The third kappa shape index (κ3) is 4.69. The summed E-state index contributed by atoms with van der Waals surface area (Å²) < 4.78 is 0. The monoisotopic (exact) mass is 350 g/mol. The van der Waals surface area contributed by atoms with Gasteiger partial charge in [0, 0.05) is 5.69 Å². The number of hydrogen-bond donors (Lipinski definition) is 3. The third-order valence-corrected chi connectivity index (χ3v) is 4.03. The van der Waals surface area contributed by atoms with Crippen LogP contribution in [0.15, 0.2) is 53.5 Å². The third-order valence-electron chi connectivity index (χ3n) is 4.03. The second kappa shape index (κ2) is 7.82. The summed E-state index contributed by atoms with van der Waals surface area (Å²) in [4.78, 5) is 28.9. The molecule has 1 fully saturated rings. The number of anilines is 1. The van der Waals surface area contributed by atoms with Gasteiger partial charge in [-0.05, 0) is 42.7 Å². The molecule has 2 amide bonds. The van der Waals surface area contributed by atoms with Crippen LogP contribution >= 0.6 is 0 Å². The molecule has 2 aromatic rings. The number of amides is 2. The quantitative estimate of drug-likeness (QED) is 0.791. The predicted molar refractivity (Wildman–Crippen MR) is 102 cm³/mol. The fourth-order valence-corrected chi connectivity index (χ4v) is 2.89. The van der Waals surface area contributed by atoms with E-state index >= 15 is 0 Å². The van der Waals surface area contributed by atoms with E-state index in [9.17, 15) is 9.59 Å². The van der Waals surface area contributed by atoms with E-state index in [2.05, 4.69) is 20.9 Å². The van der Waals surface area contributed by atoms with E-state index in [0.717, 1.165) is 22.4 Å². The summed E-state index contributed by atoms with van der Waals surface area (Å²) in [5.41, 5.74) is 3.89. The highest BCUT2D eigenvalue weighted by atomic mass is 16.2. The van der Waals surface area contributed by atoms with Gasteiger partial charge in [0.1, 0.15) is 6.04 Å². The van der Waals surface area contributed by atoms with E-state index in [1.807, 2.05) is 62.4 Å². The maximum absolute atomic E-state index is 12.5. The number of nitrogens with one attached hydrogen (secondary N) is 3. The number of rotatable bonds is 4. The number of aliphatic imine (C=N–C) groups is 1. The number of aryl methyl sites for hydroxylation is 2. The van der Waals surface area contributed by atoms with Crippen LogP contribution in [-0.4, -0.2) is 23.8 Å². The van der Waals surface area contributed by atoms with E-state index in [4.69, 9.17) is 0 Å². The first-order chi connectivity index (χ1) is 12.5. The molecular weight excluding hydrogens is 328 g/mol. The molecule has 1 aliphatic heterocycles. The minimum Gasteiger partial charge on any atom is -0.344 e. The molecule has 2 aromatic carbocycles. The van der Waals surface area contributed by atoms with Gasteiger partial charge in [0.05, 0.1) is 13.0 Å². The zero-order chi connectivity index (χ0) is 18.5. The van der Waals surface area contributed by atoms with Crippen LogP contribution in [0.25, 0.3) is 0 Å². The van der Waals surface area contributed by atoms with Crippen LogP contribution in [0, 0.1) is 13.8 Å². The molecule has 0 aromatic heterocycles. The summed E-state index contributed by atoms with van der Waals surface area (Å²) in [5, 5.41) is 8.55. The largest absolute Gasteiger partial charge is 0.344 e. The van der Waals surface area contributed by atoms with E-state index < -0.39 is 6.04 Å². The van der Waals surface area contributed by atoms with Gasteiger partial charge >= 0.3 is 0 Å². The topological polar surface area (TPSA) is 82.6 Å². The van der Waals surface area contributed by atoms with Crippen molar-refractivity contribution in [3.63, 3.8) is 0 Å². The van der Waals surface area contributed by atoms with Gasteiger partial charge < -0.3 is 10.6 Å². The van der Waals surface area contributed by atoms with Crippen molar-refractivity contribution < 1.29 is 9.59 Å². The van der Waals surface area contributed by atoms with E-state index in [1.54, 1.807) is 0 Å². The minimum absolute atomic E-state index is 0.0704. The zero-order valence-electron chi connectivity index (χ0n) is 14.9. The van der Waals surface area contributed by atoms with Crippen molar-refractivity contribution in [2.75, 3.05) is 5.32 Å². The van der Waals surface area contributed by atoms with Crippen LogP contribution in [0.4, 0.5) is 5.69 Å². The lowest BCUT2D eigenvalue weighted by atomic mass is 10.1. The highest BCUT2D eigenvalue weighted by molar-refractivity contribution is 6.07. The summed E-state index contributed by atoms with van der Waals surface area (Å²) in [6, 6.07) is 14.9. The lowest BCUT2D eigenvalue weighted by Gasteiger charge is -2.25. The Kier molecular flexibility index (Phi) is 5.31. The van der Waals surface area contributed by atoms with Crippen LogP contribution in [0.3, 0.4) is 0 Å². The van der Waals surface area contributed by atoms with Crippen LogP contribution in [-0.2, 0) is 16.1 Å². The van der Waals surface area contributed by atoms with Crippen molar-refractivity contribution in [3.05, 3.63) is 65.2 Å².